The topological polar surface area (TPSA) is 63.7 Å². The summed E-state index contributed by atoms with van der Waals surface area (Å²) in [6, 6.07) is 10.8. The molecule has 1 heterocycles. The zero-order valence-electron chi connectivity index (χ0n) is 14.7. The summed E-state index contributed by atoms with van der Waals surface area (Å²) in [5.74, 6) is -1.34. The Morgan fingerprint density at radius 3 is 2.04 bits per heavy atom. The number of imide groups is 1. The van der Waals surface area contributed by atoms with E-state index in [2.05, 4.69) is 0 Å². The molecular weight excluding hydrogens is 375 g/mol. The molecular formula is C20H16F3NO4. The van der Waals surface area contributed by atoms with Crippen LogP contribution in [0, 0.1) is 0 Å². The van der Waals surface area contributed by atoms with E-state index in [9.17, 15) is 27.6 Å². The number of ether oxygens (including phenoxy) is 1. The molecule has 0 spiro atoms. The van der Waals surface area contributed by atoms with Gasteiger partial charge in [-0.15, -0.1) is 0 Å². The van der Waals surface area contributed by atoms with Crippen molar-refractivity contribution in [3.63, 3.8) is 0 Å². The fourth-order valence-electron chi connectivity index (χ4n) is 2.85. The molecule has 0 radical (unpaired) electrons. The third kappa shape index (κ3) is 4.21. The lowest BCUT2D eigenvalue weighted by Gasteiger charge is -2.13. The van der Waals surface area contributed by atoms with E-state index in [1.54, 1.807) is 24.3 Å². The largest absolute Gasteiger partial charge is 0.461 e. The predicted molar refractivity (Wildman–Crippen MR) is 92.3 cm³/mol. The van der Waals surface area contributed by atoms with Gasteiger partial charge in [-0.25, -0.2) is 0 Å². The van der Waals surface area contributed by atoms with Crippen molar-refractivity contribution in [2.75, 3.05) is 6.54 Å². The minimum Gasteiger partial charge on any atom is -0.461 e. The molecule has 0 saturated heterocycles. The summed E-state index contributed by atoms with van der Waals surface area (Å²) in [6.45, 7) is -0.0638. The van der Waals surface area contributed by atoms with E-state index >= 15 is 0 Å². The van der Waals surface area contributed by atoms with Crippen LogP contribution in [0.2, 0.25) is 0 Å². The molecule has 0 fully saturated rings. The van der Waals surface area contributed by atoms with Gasteiger partial charge >= 0.3 is 12.1 Å². The molecule has 2 aromatic carbocycles. The molecule has 0 N–H and O–H groups in total. The van der Waals surface area contributed by atoms with Crippen molar-refractivity contribution in [1.29, 1.82) is 0 Å². The first-order valence-electron chi connectivity index (χ1n) is 8.54. The van der Waals surface area contributed by atoms with Crippen LogP contribution in [-0.2, 0) is 22.3 Å². The molecule has 2 amide bonds. The number of halogens is 3. The lowest BCUT2D eigenvalue weighted by Crippen LogP contribution is -2.31. The zero-order chi connectivity index (χ0) is 20.3. The Kier molecular flexibility index (Phi) is 5.48. The Labute approximate surface area is 158 Å². The average Bonchev–Trinajstić information content (AvgIpc) is 2.91. The highest BCUT2D eigenvalue weighted by atomic mass is 19.4. The van der Waals surface area contributed by atoms with Crippen LogP contribution in [0.5, 0.6) is 0 Å². The SMILES string of the molecule is O=C(CCCN1C(=O)c2ccccc2C1=O)OCc1ccc(C(F)(F)F)cc1. The van der Waals surface area contributed by atoms with Gasteiger partial charge in [0.15, 0.2) is 0 Å². The molecule has 0 aromatic heterocycles. The van der Waals surface area contributed by atoms with Gasteiger partial charge in [-0.05, 0) is 36.2 Å². The molecule has 3 rings (SSSR count). The standard InChI is InChI=1S/C20H16F3NO4/c21-20(22,23)14-9-7-13(8-10-14)12-28-17(25)6-3-11-24-18(26)15-4-1-2-5-16(15)19(24)27/h1-2,4-5,7-10H,3,6,11-12H2. The van der Waals surface area contributed by atoms with Gasteiger partial charge < -0.3 is 4.74 Å². The molecule has 0 atom stereocenters. The van der Waals surface area contributed by atoms with Crippen molar-refractivity contribution in [3.8, 4) is 0 Å². The number of fused-ring (bicyclic) bond motifs is 1. The van der Waals surface area contributed by atoms with Gasteiger partial charge in [-0.3, -0.25) is 19.3 Å². The fraction of sp³-hybridized carbons (Fsp3) is 0.250. The minimum absolute atomic E-state index is 0.0198. The van der Waals surface area contributed by atoms with Crippen molar-refractivity contribution in [1.82, 2.24) is 4.90 Å². The van der Waals surface area contributed by atoms with E-state index in [0.717, 1.165) is 17.0 Å². The summed E-state index contributed by atoms with van der Waals surface area (Å²) in [4.78, 5) is 37.3. The number of nitrogens with zero attached hydrogens (tertiary/aromatic N) is 1. The fourth-order valence-corrected chi connectivity index (χ4v) is 2.85. The third-order valence-corrected chi connectivity index (χ3v) is 4.32. The van der Waals surface area contributed by atoms with Gasteiger partial charge in [0.05, 0.1) is 16.7 Å². The molecule has 28 heavy (non-hydrogen) atoms. The molecule has 1 aliphatic heterocycles. The van der Waals surface area contributed by atoms with Crippen LogP contribution in [0.15, 0.2) is 48.5 Å². The molecule has 2 aromatic rings. The highest BCUT2D eigenvalue weighted by Crippen LogP contribution is 2.29. The molecule has 8 heteroatoms. The number of amides is 2. The lowest BCUT2D eigenvalue weighted by atomic mass is 10.1. The number of carbonyl (C=O) groups excluding carboxylic acids is 3. The van der Waals surface area contributed by atoms with E-state index in [1.807, 2.05) is 0 Å². The van der Waals surface area contributed by atoms with Crippen molar-refractivity contribution in [3.05, 3.63) is 70.8 Å². The Hall–Kier alpha value is -3.16. The van der Waals surface area contributed by atoms with Crippen molar-refractivity contribution >= 4 is 17.8 Å². The van der Waals surface area contributed by atoms with Crippen LogP contribution in [0.1, 0.15) is 44.7 Å². The quantitative estimate of drug-likeness (QED) is 0.555. The van der Waals surface area contributed by atoms with Gasteiger partial charge in [0.2, 0.25) is 0 Å². The Balaban J connectivity index is 1.44. The van der Waals surface area contributed by atoms with Gasteiger partial charge in [-0.2, -0.15) is 13.2 Å². The first kappa shape index (κ1) is 19.6. The summed E-state index contributed by atoms with van der Waals surface area (Å²) in [6.07, 6.45) is -4.20. The van der Waals surface area contributed by atoms with Crippen LogP contribution in [0.4, 0.5) is 13.2 Å². The number of hydrogen-bond acceptors (Lipinski definition) is 4. The molecule has 146 valence electrons. The first-order valence-corrected chi connectivity index (χ1v) is 8.54. The molecule has 0 saturated carbocycles. The van der Waals surface area contributed by atoms with Gasteiger partial charge in [-0.1, -0.05) is 24.3 Å². The summed E-state index contributed by atoms with van der Waals surface area (Å²) < 4.78 is 42.5. The third-order valence-electron chi connectivity index (χ3n) is 4.32. The summed E-state index contributed by atoms with van der Waals surface area (Å²) in [5, 5.41) is 0. The van der Waals surface area contributed by atoms with Crippen LogP contribution in [-0.4, -0.2) is 29.2 Å². The Morgan fingerprint density at radius 2 is 1.50 bits per heavy atom. The van der Waals surface area contributed by atoms with Crippen LogP contribution in [0.25, 0.3) is 0 Å². The van der Waals surface area contributed by atoms with Gasteiger partial charge in [0.25, 0.3) is 11.8 Å². The number of benzene rings is 2. The smallest absolute Gasteiger partial charge is 0.416 e. The molecule has 1 aliphatic rings. The van der Waals surface area contributed by atoms with Gasteiger partial charge in [0, 0.05) is 13.0 Å². The number of alkyl halides is 3. The number of rotatable bonds is 6. The first-order chi connectivity index (χ1) is 13.3. The summed E-state index contributed by atoms with van der Waals surface area (Å²) in [5.41, 5.74) is 0.347. The van der Waals surface area contributed by atoms with E-state index in [-0.39, 0.29) is 26.0 Å². The second kappa shape index (κ2) is 7.84. The van der Waals surface area contributed by atoms with Crippen LogP contribution >= 0.6 is 0 Å². The average molecular weight is 391 g/mol. The monoisotopic (exact) mass is 391 g/mol. The lowest BCUT2D eigenvalue weighted by molar-refractivity contribution is -0.145. The summed E-state index contributed by atoms with van der Waals surface area (Å²) in [7, 11) is 0. The minimum atomic E-state index is -4.42. The maximum absolute atomic E-state index is 12.5. The molecule has 0 unspecified atom stereocenters. The van der Waals surface area contributed by atoms with Crippen LogP contribution < -0.4 is 0 Å². The van der Waals surface area contributed by atoms with Crippen LogP contribution in [0.3, 0.4) is 0 Å². The van der Waals surface area contributed by atoms with E-state index in [0.29, 0.717) is 16.7 Å². The maximum atomic E-state index is 12.5. The Morgan fingerprint density at radius 1 is 0.929 bits per heavy atom. The highest BCUT2D eigenvalue weighted by Gasteiger charge is 2.34. The van der Waals surface area contributed by atoms with Crippen molar-refractivity contribution in [2.45, 2.75) is 25.6 Å². The zero-order valence-corrected chi connectivity index (χ0v) is 14.7. The van der Waals surface area contributed by atoms with E-state index < -0.39 is 29.5 Å². The number of esters is 1. The Bertz CT molecular complexity index is 871. The maximum Gasteiger partial charge on any atom is 0.416 e. The predicted octanol–water partition coefficient (Wildman–Crippen LogP) is 3.83. The number of carbonyl (C=O) groups is 3. The second-order valence-corrected chi connectivity index (χ2v) is 6.27. The van der Waals surface area contributed by atoms with Crippen molar-refractivity contribution in [2.24, 2.45) is 0 Å². The second-order valence-electron chi connectivity index (χ2n) is 6.27. The number of hydrogen-bond donors (Lipinski definition) is 0. The molecule has 0 aliphatic carbocycles. The molecule has 5 nitrogen and oxygen atoms in total. The van der Waals surface area contributed by atoms with Gasteiger partial charge in [0.1, 0.15) is 6.61 Å². The van der Waals surface area contributed by atoms with E-state index in [1.165, 1.54) is 12.1 Å². The van der Waals surface area contributed by atoms with E-state index in [4.69, 9.17) is 4.74 Å². The van der Waals surface area contributed by atoms with Crippen molar-refractivity contribution < 1.29 is 32.3 Å². The molecule has 0 bridgehead atoms. The summed E-state index contributed by atoms with van der Waals surface area (Å²) >= 11 is 0. The highest BCUT2D eigenvalue weighted by molar-refractivity contribution is 6.21. The normalized spacial score (nSPS) is 13.6.